The fourth-order valence-electron chi connectivity index (χ4n) is 7.19. The number of amides is 3. The van der Waals surface area contributed by atoms with Gasteiger partial charge in [-0.15, -0.1) is 0 Å². The fourth-order valence-corrected chi connectivity index (χ4v) is 7.19. The molecule has 2 fully saturated rings. The Morgan fingerprint density at radius 3 is 2.67 bits per heavy atom. The van der Waals surface area contributed by atoms with Crippen LogP contribution in [0, 0.1) is 6.92 Å². The number of hydrogen-bond acceptors (Lipinski definition) is 6. The summed E-state index contributed by atoms with van der Waals surface area (Å²) in [7, 11) is 3.45. The molecule has 42 heavy (non-hydrogen) atoms. The van der Waals surface area contributed by atoms with Crippen LogP contribution in [0.3, 0.4) is 0 Å². The van der Waals surface area contributed by atoms with Crippen LogP contribution in [0.4, 0.5) is 4.79 Å². The van der Waals surface area contributed by atoms with Crippen LogP contribution in [0.2, 0.25) is 0 Å². The molecular weight excluding hydrogens is 532 g/mol. The summed E-state index contributed by atoms with van der Waals surface area (Å²) in [5.74, 6) is 0.567. The van der Waals surface area contributed by atoms with Crippen LogP contribution in [0.25, 0.3) is 28.1 Å². The van der Waals surface area contributed by atoms with Gasteiger partial charge in [0.05, 0.1) is 30.2 Å². The Labute approximate surface area is 244 Å². The zero-order valence-electron chi connectivity index (χ0n) is 24.6. The summed E-state index contributed by atoms with van der Waals surface area (Å²) in [5, 5.41) is 4.08. The van der Waals surface area contributed by atoms with Gasteiger partial charge >= 0.3 is 6.03 Å². The average molecular weight is 571 g/mol. The van der Waals surface area contributed by atoms with Gasteiger partial charge in [0.2, 0.25) is 0 Å². The van der Waals surface area contributed by atoms with E-state index in [9.17, 15) is 9.59 Å². The van der Waals surface area contributed by atoms with Crippen LogP contribution in [0.1, 0.15) is 66.8 Å². The Morgan fingerprint density at radius 2 is 1.93 bits per heavy atom. The summed E-state index contributed by atoms with van der Waals surface area (Å²) in [6.45, 7) is 5.40. The number of nitrogens with two attached hydrogens (primary N) is 1. The highest BCUT2D eigenvalue weighted by Gasteiger charge is 2.47. The van der Waals surface area contributed by atoms with E-state index in [4.69, 9.17) is 20.4 Å². The molecule has 7 rings (SSSR count). The van der Waals surface area contributed by atoms with E-state index < -0.39 is 0 Å². The number of aromatic nitrogens is 4. The molecule has 4 aromatic heterocycles. The first-order chi connectivity index (χ1) is 20.2. The Bertz CT molecular complexity index is 1720. The lowest BCUT2D eigenvalue weighted by molar-refractivity contribution is 0.0726. The Hall–Kier alpha value is -4.12. The van der Waals surface area contributed by atoms with Gasteiger partial charge in [-0.2, -0.15) is 0 Å². The van der Waals surface area contributed by atoms with Gasteiger partial charge in [-0.05, 0) is 70.2 Å². The molecule has 11 heteroatoms. The van der Waals surface area contributed by atoms with Crippen molar-refractivity contribution < 1.29 is 14.3 Å². The molecule has 3 amide bonds. The fraction of sp³-hybridized carbons (Fsp3) is 0.484. The molecule has 4 atom stereocenters. The Kier molecular flexibility index (Phi) is 6.38. The Morgan fingerprint density at radius 1 is 1.12 bits per heavy atom. The molecular formula is C31H38N8O3. The zero-order chi connectivity index (χ0) is 29.3. The van der Waals surface area contributed by atoms with E-state index >= 15 is 0 Å². The number of ether oxygens (including phenoxy) is 1. The molecule has 4 bridgehead atoms. The maximum atomic E-state index is 13.7. The summed E-state index contributed by atoms with van der Waals surface area (Å²) in [6, 6.07) is 9.91. The molecule has 0 spiro atoms. The quantitative estimate of drug-likeness (QED) is 0.386. The standard InChI is InChI=1S/C31H38N8O3/c1-17-23-9-7-19-13-25(37(29(19)34-23)12-6-5-11-36(3)31(41)33-17)28-18(2)38-26(35-28)14-20(15-27(38)42-4)30(40)39-21-8-10-24(39)22(32)16-21/h7,9,13-15,17,21-22,24H,5-6,8,10-12,16,32H2,1-4H3,(H,33,41)/t17-,21+,22-,24-/m1/s1. The maximum absolute atomic E-state index is 13.7. The van der Waals surface area contributed by atoms with Crippen LogP contribution >= 0.6 is 0 Å². The minimum Gasteiger partial charge on any atom is -0.482 e. The molecule has 3 aliphatic rings. The van der Waals surface area contributed by atoms with Crippen molar-refractivity contribution in [2.24, 2.45) is 5.73 Å². The second kappa shape index (κ2) is 10.0. The number of carbonyl (C=O) groups excluding carboxylic acids is 2. The summed E-state index contributed by atoms with van der Waals surface area (Å²) in [6.07, 6.45) is 4.58. The second-order valence-electron chi connectivity index (χ2n) is 12.1. The van der Waals surface area contributed by atoms with Gasteiger partial charge < -0.3 is 30.2 Å². The minimum absolute atomic E-state index is 0.00286. The summed E-state index contributed by atoms with van der Waals surface area (Å²) in [4.78, 5) is 40.2. The van der Waals surface area contributed by atoms with Crippen molar-refractivity contribution in [1.29, 1.82) is 0 Å². The highest BCUT2D eigenvalue weighted by molar-refractivity contribution is 5.96. The first-order valence-corrected chi connectivity index (χ1v) is 14.9. The maximum Gasteiger partial charge on any atom is 0.317 e. The summed E-state index contributed by atoms with van der Waals surface area (Å²) in [5.41, 5.74) is 12.0. The number of rotatable bonds is 3. The number of hydrogen-bond donors (Lipinski definition) is 2. The van der Waals surface area contributed by atoms with Crippen molar-refractivity contribution in [3.05, 3.63) is 47.3 Å². The van der Waals surface area contributed by atoms with Crippen LogP contribution in [-0.2, 0) is 6.54 Å². The molecule has 7 heterocycles. The molecule has 11 nitrogen and oxygen atoms in total. The van der Waals surface area contributed by atoms with Crippen molar-refractivity contribution in [1.82, 2.24) is 34.1 Å². The highest BCUT2D eigenvalue weighted by atomic mass is 16.5. The number of methoxy groups -OCH3 is 1. The van der Waals surface area contributed by atoms with Gasteiger partial charge in [0.15, 0.2) is 5.88 Å². The van der Waals surface area contributed by atoms with E-state index in [2.05, 4.69) is 22.0 Å². The van der Waals surface area contributed by atoms with E-state index in [1.807, 2.05) is 48.4 Å². The lowest BCUT2D eigenvalue weighted by Gasteiger charge is -2.23. The second-order valence-corrected chi connectivity index (χ2v) is 12.1. The normalized spacial score (nSPS) is 24.4. The van der Waals surface area contributed by atoms with Crippen molar-refractivity contribution in [2.75, 3.05) is 20.7 Å². The highest BCUT2D eigenvalue weighted by Crippen LogP contribution is 2.39. The number of aryl methyl sites for hydroxylation is 2. The molecule has 0 radical (unpaired) electrons. The number of imidazole rings is 1. The van der Waals surface area contributed by atoms with Gasteiger partial charge in [0.25, 0.3) is 5.91 Å². The molecule has 3 N–H and O–H groups in total. The number of urea groups is 1. The largest absolute Gasteiger partial charge is 0.482 e. The van der Waals surface area contributed by atoms with Crippen molar-refractivity contribution in [3.8, 4) is 17.3 Å². The summed E-state index contributed by atoms with van der Waals surface area (Å²) >= 11 is 0. The predicted octanol–water partition coefficient (Wildman–Crippen LogP) is 3.87. The lowest BCUT2D eigenvalue weighted by Crippen LogP contribution is -2.40. The van der Waals surface area contributed by atoms with Crippen LogP contribution in [0.5, 0.6) is 5.88 Å². The number of pyridine rings is 2. The van der Waals surface area contributed by atoms with Crippen LogP contribution in [-0.4, -0.2) is 79.5 Å². The third kappa shape index (κ3) is 4.12. The predicted molar refractivity (Wildman–Crippen MR) is 160 cm³/mol. The first-order valence-electron chi connectivity index (χ1n) is 14.9. The lowest BCUT2D eigenvalue weighted by atomic mass is 9.97. The zero-order valence-corrected chi connectivity index (χ0v) is 24.6. The van der Waals surface area contributed by atoms with Gasteiger partial charge in [-0.1, -0.05) is 0 Å². The molecule has 0 aromatic carbocycles. The van der Waals surface area contributed by atoms with Crippen LogP contribution < -0.4 is 15.8 Å². The van der Waals surface area contributed by atoms with Crippen molar-refractivity contribution >= 4 is 28.6 Å². The topological polar surface area (TPSA) is 123 Å². The third-order valence-corrected chi connectivity index (χ3v) is 9.46. The van der Waals surface area contributed by atoms with Gasteiger partial charge in [0.1, 0.15) is 17.0 Å². The van der Waals surface area contributed by atoms with Gasteiger partial charge in [-0.3, -0.25) is 9.20 Å². The van der Waals surface area contributed by atoms with E-state index in [1.165, 1.54) is 0 Å². The molecule has 220 valence electrons. The summed E-state index contributed by atoms with van der Waals surface area (Å²) < 4.78 is 10.0. The van der Waals surface area contributed by atoms with Crippen molar-refractivity contribution in [2.45, 2.75) is 76.7 Å². The van der Waals surface area contributed by atoms with Gasteiger partial charge in [-0.25, -0.2) is 14.8 Å². The van der Waals surface area contributed by atoms with E-state index in [1.54, 1.807) is 12.0 Å². The number of carbonyl (C=O) groups is 2. The van der Waals surface area contributed by atoms with E-state index in [0.717, 1.165) is 72.5 Å². The smallest absolute Gasteiger partial charge is 0.317 e. The number of nitrogens with one attached hydrogen (secondary N) is 1. The molecule has 0 unspecified atom stereocenters. The average Bonchev–Trinajstić information content (AvgIpc) is 3.73. The molecule has 4 aromatic rings. The minimum atomic E-state index is -0.229. The Balaban J connectivity index is 1.33. The number of nitrogens with zero attached hydrogens (tertiary/aromatic N) is 6. The van der Waals surface area contributed by atoms with Gasteiger partial charge in [0, 0.05) is 55.3 Å². The molecule has 0 saturated carbocycles. The molecule has 0 aliphatic carbocycles. The van der Waals surface area contributed by atoms with Crippen molar-refractivity contribution in [3.63, 3.8) is 0 Å². The first kappa shape index (κ1) is 26.8. The molecule has 2 saturated heterocycles. The monoisotopic (exact) mass is 570 g/mol. The van der Waals surface area contributed by atoms with E-state index in [0.29, 0.717) is 23.6 Å². The SMILES string of the molecule is COc1cc(C(=O)N2[C@H]3CC[C@@H]2[C@H](N)C3)cc2nc(-c3cc4ccc5nc4n3CCCCN(C)C(=O)N[C@@H]5C)c(C)n12. The van der Waals surface area contributed by atoms with Crippen LogP contribution in [0.15, 0.2) is 30.3 Å². The third-order valence-electron chi connectivity index (χ3n) is 9.46. The number of fused-ring (bicyclic) bond motifs is 4. The van der Waals surface area contributed by atoms with E-state index in [-0.39, 0.29) is 36.1 Å². The molecule has 3 aliphatic heterocycles.